The van der Waals surface area contributed by atoms with Crippen molar-refractivity contribution in [3.8, 4) is 17.2 Å². The van der Waals surface area contributed by atoms with E-state index in [-0.39, 0.29) is 16.3 Å². The van der Waals surface area contributed by atoms with Crippen molar-refractivity contribution in [1.29, 1.82) is 0 Å². The summed E-state index contributed by atoms with van der Waals surface area (Å²) in [5, 5.41) is 17.4. The van der Waals surface area contributed by atoms with Crippen molar-refractivity contribution in [3.05, 3.63) is 42.5 Å². The van der Waals surface area contributed by atoms with E-state index in [0.29, 0.717) is 11.5 Å². The van der Waals surface area contributed by atoms with Gasteiger partial charge in [0, 0.05) is 11.8 Å². The summed E-state index contributed by atoms with van der Waals surface area (Å²) >= 11 is 0. The van der Waals surface area contributed by atoms with Crippen LogP contribution in [0.4, 0.5) is 5.69 Å². The Bertz CT molecular complexity index is 793. The number of anilines is 1. The average molecular weight is 353 g/mol. The number of hydrogen-bond acceptors (Lipinski definition) is 7. The molecule has 2 aromatic rings. The van der Waals surface area contributed by atoms with Crippen molar-refractivity contribution in [2.24, 2.45) is 0 Å². The van der Waals surface area contributed by atoms with E-state index >= 15 is 0 Å². The highest BCUT2D eigenvalue weighted by Gasteiger charge is 2.17. The molecule has 2 rings (SSSR count). The summed E-state index contributed by atoms with van der Waals surface area (Å²) in [6.07, 6.45) is 0. The second-order valence-electron chi connectivity index (χ2n) is 4.59. The van der Waals surface area contributed by atoms with Crippen LogP contribution in [0.1, 0.15) is 0 Å². The number of hydrogen-bond donors (Lipinski definition) is 3. The zero-order valence-electron chi connectivity index (χ0n) is 13.0. The van der Waals surface area contributed by atoms with Crippen molar-refractivity contribution in [2.75, 3.05) is 18.9 Å². The van der Waals surface area contributed by atoms with Gasteiger partial charge in [-0.1, -0.05) is 0 Å². The summed E-state index contributed by atoms with van der Waals surface area (Å²) in [6.45, 7) is 0. The quantitative estimate of drug-likeness (QED) is 0.633. The van der Waals surface area contributed by atoms with Crippen LogP contribution in [0.25, 0.3) is 0 Å². The molecule has 0 atom stereocenters. The minimum Gasteiger partial charge on any atom is -0.512 e. The first kappa shape index (κ1) is 17.9. The molecule has 0 heterocycles. The molecular weight excluding hydrogens is 337 g/mol. The molecule has 0 unspecified atom stereocenters. The van der Waals surface area contributed by atoms with Gasteiger partial charge in [-0.25, -0.2) is 8.42 Å². The Morgan fingerprint density at radius 3 is 2.12 bits per heavy atom. The standard InChI is InChI=1S/C14H16BNO7S/c1-21-13-8-7-12(9-14(13)22-2)24(19,20)16-10-3-5-11(6-4-10)23-15(17)18/h3-9,16-18H,1-2H3. The van der Waals surface area contributed by atoms with Crippen molar-refractivity contribution < 1.29 is 32.6 Å². The maximum Gasteiger partial charge on any atom is 0.707 e. The highest BCUT2D eigenvalue weighted by Crippen LogP contribution is 2.30. The highest BCUT2D eigenvalue weighted by atomic mass is 32.2. The van der Waals surface area contributed by atoms with Gasteiger partial charge in [0.25, 0.3) is 10.0 Å². The van der Waals surface area contributed by atoms with Crippen molar-refractivity contribution in [3.63, 3.8) is 0 Å². The lowest BCUT2D eigenvalue weighted by molar-refractivity contribution is 0.288. The third kappa shape index (κ3) is 4.31. The Morgan fingerprint density at radius 1 is 0.958 bits per heavy atom. The van der Waals surface area contributed by atoms with Crippen LogP contribution in [0.5, 0.6) is 17.2 Å². The Kier molecular flexibility index (Phi) is 5.55. The van der Waals surface area contributed by atoms with E-state index in [2.05, 4.69) is 9.38 Å². The smallest absolute Gasteiger partial charge is 0.512 e. The molecule has 8 nitrogen and oxygen atoms in total. The number of ether oxygens (including phenoxy) is 2. The van der Waals surface area contributed by atoms with Crippen molar-refractivity contribution >= 4 is 23.0 Å². The number of benzene rings is 2. The van der Waals surface area contributed by atoms with Gasteiger partial charge >= 0.3 is 7.32 Å². The molecule has 0 aliphatic heterocycles. The molecule has 24 heavy (non-hydrogen) atoms. The monoisotopic (exact) mass is 353 g/mol. The fourth-order valence-corrected chi connectivity index (χ4v) is 2.99. The predicted octanol–water partition coefficient (Wildman–Crippen LogP) is 0.853. The summed E-state index contributed by atoms with van der Waals surface area (Å²) in [7, 11) is -2.91. The molecule has 0 saturated heterocycles. The van der Waals surface area contributed by atoms with Crippen molar-refractivity contribution in [1.82, 2.24) is 0 Å². The lowest BCUT2D eigenvalue weighted by Gasteiger charge is -2.12. The molecule has 0 bridgehead atoms. The van der Waals surface area contributed by atoms with Gasteiger partial charge < -0.3 is 24.2 Å². The average Bonchev–Trinajstić information content (AvgIpc) is 2.55. The van der Waals surface area contributed by atoms with E-state index in [9.17, 15) is 8.42 Å². The van der Waals surface area contributed by atoms with Gasteiger partial charge in [-0.3, -0.25) is 4.72 Å². The molecule has 128 valence electrons. The van der Waals surface area contributed by atoms with Gasteiger partial charge in [0.15, 0.2) is 11.5 Å². The Hall–Kier alpha value is -2.43. The van der Waals surface area contributed by atoms with E-state index in [1.165, 1.54) is 56.7 Å². The van der Waals surface area contributed by atoms with Crippen LogP contribution in [0.3, 0.4) is 0 Å². The van der Waals surface area contributed by atoms with Gasteiger partial charge in [-0.2, -0.15) is 0 Å². The minimum absolute atomic E-state index is 0.00579. The van der Waals surface area contributed by atoms with E-state index in [1.54, 1.807) is 0 Å². The molecule has 3 N–H and O–H groups in total. The summed E-state index contributed by atoms with van der Waals surface area (Å²) in [6, 6.07) is 9.88. The van der Waals surface area contributed by atoms with Crippen LogP contribution in [0.2, 0.25) is 0 Å². The van der Waals surface area contributed by atoms with E-state index in [0.717, 1.165) is 0 Å². The first-order valence-corrected chi connectivity index (χ1v) is 8.22. The van der Waals surface area contributed by atoms with Crippen LogP contribution in [0.15, 0.2) is 47.4 Å². The van der Waals surface area contributed by atoms with Gasteiger partial charge in [-0.15, -0.1) is 0 Å². The molecule has 2 aromatic carbocycles. The highest BCUT2D eigenvalue weighted by molar-refractivity contribution is 7.92. The number of methoxy groups -OCH3 is 2. The molecule has 0 aliphatic rings. The maximum absolute atomic E-state index is 12.4. The van der Waals surface area contributed by atoms with E-state index < -0.39 is 17.3 Å². The summed E-state index contributed by atoms with van der Waals surface area (Å²) in [5.41, 5.74) is 0.282. The molecule has 0 spiro atoms. The normalized spacial score (nSPS) is 10.8. The Labute approximate surface area is 139 Å². The molecule has 0 radical (unpaired) electrons. The Morgan fingerprint density at radius 2 is 1.58 bits per heavy atom. The van der Waals surface area contributed by atoms with E-state index in [1.807, 2.05) is 0 Å². The predicted molar refractivity (Wildman–Crippen MR) is 87.6 cm³/mol. The van der Waals surface area contributed by atoms with Gasteiger partial charge in [-0.05, 0) is 36.4 Å². The molecule has 0 fully saturated rings. The fourth-order valence-electron chi connectivity index (χ4n) is 1.92. The van der Waals surface area contributed by atoms with Crippen LogP contribution in [-0.2, 0) is 10.0 Å². The van der Waals surface area contributed by atoms with Crippen LogP contribution >= 0.6 is 0 Å². The second-order valence-corrected chi connectivity index (χ2v) is 6.27. The summed E-state index contributed by atoms with van der Waals surface area (Å²) in [5.74, 6) is 0.889. The molecular formula is C14H16BNO7S. The number of rotatable bonds is 7. The van der Waals surface area contributed by atoms with Crippen molar-refractivity contribution in [2.45, 2.75) is 4.90 Å². The summed E-state index contributed by atoms with van der Waals surface area (Å²) in [4.78, 5) is 0.00579. The Balaban J connectivity index is 2.22. The molecule has 0 aliphatic carbocycles. The number of sulfonamides is 1. The van der Waals surface area contributed by atoms with Crippen LogP contribution in [0, 0.1) is 0 Å². The van der Waals surface area contributed by atoms with E-state index in [4.69, 9.17) is 19.5 Å². The molecule has 0 amide bonds. The maximum atomic E-state index is 12.4. The summed E-state index contributed by atoms with van der Waals surface area (Å²) < 4.78 is 42.0. The van der Waals surface area contributed by atoms with Crippen LogP contribution in [-0.4, -0.2) is 40.0 Å². The SMILES string of the molecule is COc1ccc(S(=O)(=O)Nc2ccc(OB(O)O)cc2)cc1OC. The molecule has 0 aromatic heterocycles. The van der Waals surface area contributed by atoms with Crippen LogP contribution < -0.4 is 18.9 Å². The van der Waals surface area contributed by atoms with Gasteiger partial charge in [0.2, 0.25) is 0 Å². The first-order chi connectivity index (χ1) is 11.4. The zero-order valence-corrected chi connectivity index (χ0v) is 13.8. The van der Waals surface area contributed by atoms with Gasteiger partial charge in [0.1, 0.15) is 5.75 Å². The minimum atomic E-state index is -3.83. The zero-order chi connectivity index (χ0) is 17.7. The molecule has 0 saturated carbocycles. The lowest BCUT2D eigenvalue weighted by Crippen LogP contribution is -2.20. The first-order valence-electron chi connectivity index (χ1n) is 6.73. The second kappa shape index (κ2) is 7.43. The third-order valence-corrected chi connectivity index (χ3v) is 4.39. The fraction of sp³-hybridized carbons (Fsp3) is 0.143. The largest absolute Gasteiger partial charge is 0.707 e. The lowest BCUT2D eigenvalue weighted by atomic mass is 10.2. The number of nitrogens with one attached hydrogen (secondary N) is 1. The topological polar surface area (TPSA) is 114 Å². The molecule has 10 heteroatoms. The van der Waals surface area contributed by atoms with Gasteiger partial charge in [0.05, 0.1) is 19.1 Å². The third-order valence-electron chi connectivity index (χ3n) is 3.01.